The highest BCUT2D eigenvalue weighted by atomic mass is 32.1. The molecular weight excluding hydrogens is 414 g/mol. The lowest BCUT2D eigenvalue weighted by atomic mass is 9.81. The molecule has 4 amide bonds. The van der Waals surface area contributed by atoms with Gasteiger partial charge in [-0.1, -0.05) is 19.3 Å². The number of amides is 4. The molecule has 2 heterocycles. The summed E-state index contributed by atoms with van der Waals surface area (Å²) in [6, 6.07) is 2.94. The number of hydrogen-bond donors (Lipinski definition) is 1. The molecule has 1 spiro atoms. The molecule has 1 saturated carbocycles. The molecule has 1 aromatic carbocycles. The molecule has 1 N–H and O–H groups in total. The molecule has 2 fully saturated rings. The molecule has 0 atom stereocenters. The van der Waals surface area contributed by atoms with Gasteiger partial charge in [-0.2, -0.15) is 0 Å². The summed E-state index contributed by atoms with van der Waals surface area (Å²) in [5.74, 6) is -2.82. The van der Waals surface area contributed by atoms with E-state index < -0.39 is 35.7 Å². The Labute approximate surface area is 175 Å². The van der Waals surface area contributed by atoms with Crippen LogP contribution < -0.4 is 5.32 Å². The highest BCUT2D eigenvalue weighted by Gasteiger charge is 2.55. The maximum atomic E-state index is 13.4. The van der Waals surface area contributed by atoms with Crippen LogP contribution in [0, 0.1) is 11.6 Å². The van der Waals surface area contributed by atoms with Crippen LogP contribution in [0.5, 0.6) is 0 Å². The Hall–Kier alpha value is -2.88. The molecule has 4 rings (SSSR count). The van der Waals surface area contributed by atoms with E-state index in [-0.39, 0.29) is 11.0 Å². The van der Waals surface area contributed by atoms with Gasteiger partial charge in [-0.05, 0) is 31.0 Å². The van der Waals surface area contributed by atoms with Crippen LogP contribution in [0.1, 0.15) is 32.1 Å². The van der Waals surface area contributed by atoms with Crippen molar-refractivity contribution in [1.29, 1.82) is 0 Å². The van der Waals surface area contributed by atoms with E-state index in [1.165, 1.54) is 11.0 Å². The van der Waals surface area contributed by atoms with Gasteiger partial charge >= 0.3 is 6.03 Å². The van der Waals surface area contributed by atoms with E-state index in [9.17, 15) is 23.2 Å². The van der Waals surface area contributed by atoms with Gasteiger partial charge in [-0.25, -0.2) is 18.6 Å². The van der Waals surface area contributed by atoms with Crippen LogP contribution in [-0.4, -0.2) is 51.8 Å². The first-order valence-electron chi connectivity index (χ1n) is 9.62. The summed E-state index contributed by atoms with van der Waals surface area (Å²) >= 11 is 1.11. The summed E-state index contributed by atoms with van der Waals surface area (Å²) in [5, 5.41) is 4.40. The SMILES string of the molecule is CN1C(=O)N(CC(=O)Nc2nc(-c3ccc(F)c(F)c3)cs2)C(=O)C12CCCCC2. The van der Waals surface area contributed by atoms with Gasteiger partial charge in [0.2, 0.25) is 5.91 Å². The zero-order valence-corrected chi connectivity index (χ0v) is 17.1. The van der Waals surface area contributed by atoms with Crippen LogP contribution in [0.15, 0.2) is 23.6 Å². The molecule has 10 heteroatoms. The van der Waals surface area contributed by atoms with Gasteiger partial charge in [0.1, 0.15) is 12.1 Å². The summed E-state index contributed by atoms with van der Waals surface area (Å²) in [6.07, 6.45) is 3.99. The van der Waals surface area contributed by atoms with E-state index in [1.54, 1.807) is 12.4 Å². The first-order chi connectivity index (χ1) is 14.3. The maximum Gasteiger partial charge on any atom is 0.327 e. The lowest BCUT2D eigenvalue weighted by Crippen LogP contribution is -2.49. The predicted octanol–water partition coefficient (Wildman–Crippen LogP) is 3.62. The number of halogens is 2. The number of anilines is 1. The Kier molecular flexibility index (Phi) is 5.27. The number of thiazole rings is 1. The fraction of sp³-hybridized carbons (Fsp3) is 0.400. The van der Waals surface area contributed by atoms with E-state index in [0.29, 0.717) is 24.1 Å². The minimum absolute atomic E-state index is 0.236. The van der Waals surface area contributed by atoms with Gasteiger partial charge in [0, 0.05) is 18.0 Å². The Morgan fingerprint density at radius 2 is 1.93 bits per heavy atom. The topological polar surface area (TPSA) is 82.6 Å². The maximum absolute atomic E-state index is 13.4. The fourth-order valence-electron chi connectivity index (χ4n) is 4.09. The zero-order valence-electron chi connectivity index (χ0n) is 16.3. The summed E-state index contributed by atoms with van der Waals surface area (Å²) < 4.78 is 26.5. The monoisotopic (exact) mass is 434 g/mol. The number of carbonyl (C=O) groups excluding carboxylic acids is 3. The van der Waals surface area contributed by atoms with E-state index in [4.69, 9.17) is 0 Å². The van der Waals surface area contributed by atoms with E-state index >= 15 is 0 Å². The highest BCUT2D eigenvalue weighted by molar-refractivity contribution is 7.14. The van der Waals surface area contributed by atoms with Crippen molar-refractivity contribution < 1.29 is 23.2 Å². The molecule has 1 saturated heterocycles. The van der Waals surface area contributed by atoms with Gasteiger partial charge in [0.05, 0.1) is 5.69 Å². The van der Waals surface area contributed by atoms with E-state index in [2.05, 4.69) is 10.3 Å². The number of rotatable bonds is 4. The van der Waals surface area contributed by atoms with Gasteiger partial charge in [-0.15, -0.1) is 11.3 Å². The third-order valence-electron chi connectivity index (χ3n) is 5.75. The Morgan fingerprint density at radius 3 is 2.63 bits per heavy atom. The standard InChI is InChI=1S/C20H20F2N4O3S/c1-25-19(29)26(17(28)20(25)7-3-2-4-8-20)10-16(27)24-18-23-15(11-30-18)12-5-6-13(21)14(22)9-12/h5-6,9,11H,2-4,7-8,10H2,1H3,(H,23,24,27). The summed E-state index contributed by atoms with van der Waals surface area (Å²) in [4.78, 5) is 44.7. The third-order valence-corrected chi connectivity index (χ3v) is 6.51. The van der Waals surface area contributed by atoms with Gasteiger partial charge in [0.15, 0.2) is 16.8 Å². The highest BCUT2D eigenvalue weighted by Crippen LogP contribution is 2.39. The largest absolute Gasteiger partial charge is 0.327 e. The lowest BCUT2D eigenvalue weighted by molar-refractivity contribution is -0.136. The van der Waals surface area contributed by atoms with Crippen LogP contribution >= 0.6 is 11.3 Å². The molecule has 0 bridgehead atoms. The van der Waals surface area contributed by atoms with Crippen molar-refractivity contribution in [3.63, 3.8) is 0 Å². The van der Waals surface area contributed by atoms with Crippen molar-refractivity contribution in [2.45, 2.75) is 37.6 Å². The minimum atomic E-state index is -0.988. The molecule has 0 unspecified atom stereocenters. The molecule has 0 radical (unpaired) electrons. The molecule has 30 heavy (non-hydrogen) atoms. The van der Waals surface area contributed by atoms with Crippen molar-refractivity contribution in [2.75, 3.05) is 18.9 Å². The number of benzene rings is 1. The number of aromatic nitrogens is 1. The van der Waals surface area contributed by atoms with Crippen LogP contribution in [0.3, 0.4) is 0 Å². The smallest absolute Gasteiger partial charge is 0.313 e. The molecule has 1 aliphatic heterocycles. The Bertz CT molecular complexity index is 1020. The Morgan fingerprint density at radius 1 is 1.20 bits per heavy atom. The molecule has 2 aliphatic rings. The summed E-state index contributed by atoms with van der Waals surface area (Å²) in [7, 11) is 1.61. The second kappa shape index (κ2) is 7.75. The zero-order chi connectivity index (χ0) is 21.5. The average Bonchev–Trinajstić information content (AvgIpc) is 3.26. The predicted molar refractivity (Wildman–Crippen MR) is 107 cm³/mol. The van der Waals surface area contributed by atoms with Crippen LogP contribution in [-0.2, 0) is 9.59 Å². The number of nitrogens with zero attached hydrogens (tertiary/aromatic N) is 3. The molecule has 1 aliphatic carbocycles. The summed E-state index contributed by atoms with van der Waals surface area (Å²) in [5.41, 5.74) is -0.0868. The lowest BCUT2D eigenvalue weighted by Gasteiger charge is -2.35. The normalized spacial score (nSPS) is 18.4. The number of urea groups is 1. The minimum Gasteiger partial charge on any atom is -0.313 e. The van der Waals surface area contributed by atoms with Crippen molar-refractivity contribution in [3.8, 4) is 11.3 Å². The first-order valence-corrected chi connectivity index (χ1v) is 10.5. The molecule has 2 aromatic rings. The summed E-state index contributed by atoms with van der Waals surface area (Å²) in [6.45, 7) is -0.399. The fourth-order valence-corrected chi connectivity index (χ4v) is 4.83. The van der Waals surface area contributed by atoms with Crippen LogP contribution in [0.25, 0.3) is 11.3 Å². The second-order valence-corrected chi connectivity index (χ2v) is 8.40. The first kappa shape index (κ1) is 20.4. The van der Waals surface area contributed by atoms with Gasteiger partial charge in [-0.3, -0.25) is 14.5 Å². The average molecular weight is 434 g/mol. The number of hydrogen-bond acceptors (Lipinski definition) is 5. The van der Waals surface area contributed by atoms with Crippen molar-refractivity contribution >= 4 is 34.3 Å². The molecule has 1 aromatic heterocycles. The number of nitrogens with one attached hydrogen (secondary N) is 1. The second-order valence-electron chi connectivity index (χ2n) is 7.54. The van der Waals surface area contributed by atoms with Gasteiger partial charge < -0.3 is 10.2 Å². The van der Waals surface area contributed by atoms with Crippen LogP contribution in [0.2, 0.25) is 0 Å². The van der Waals surface area contributed by atoms with E-state index in [1.807, 2.05) is 0 Å². The molecule has 158 valence electrons. The number of likely N-dealkylation sites (N-methyl/N-ethyl adjacent to an activating group) is 1. The molecular formula is C20H20F2N4O3S. The third kappa shape index (κ3) is 3.45. The van der Waals surface area contributed by atoms with Crippen molar-refractivity contribution in [3.05, 3.63) is 35.2 Å². The van der Waals surface area contributed by atoms with Crippen LogP contribution in [0.4, 0.5) is 18.7 Å². The number of carbonyl (C=O) groups is 3. The quantitative estimate of drug-likeness (QED) is 0.745. The van der Waals surface area contributed by atoms with Gasteiger partial charge in [0.25, 0.3) is 5.91 Å². The Balaban J connectivity index is 1.44. The number of imide groups is 1. The van der Waals surface area contributed by atoms with Crippen molar-refractivity contribution in [2.24, 2.45) is 0 Å². The van der Waals surface area contributed by atoms with Crippen molar-refractivity contribution in [1.82, 2.24) is 14.8 Å². The van der Waals surface area contributed by atoms with E-state index in [0.717, 1.165) is 47.6 Å². The molecule has 7 nitrogen and oxygen atoms in total.